The first kappa shape index (κ1) is 20.4. The molecule has 0 saturated carbocycles. The van der Waals surface area contributed by atoms with E-state index in [9.17, 15) is 0 Å². The Morgan fingerprint density at radius 1 is 1.08 bits per heavy atom. The molecule has 0 N–H and O–H groups in total. The number of aliphatic imine (C=N–C) groups is 2. The van der Waals surface area contributed by atoms with Crippen LogP contribution in [0.5, 0.6) is 0 Å². The van der Waals surface area contributed by atoms with Crippen molar-refractivity contribution in [2.75, 3.05) is 26.4 Å². The van der Waals surface area contributed by atoms with Crippen LogP contribution in [0, 0.1) is 11.8 Å². The van der Waals surface area contributed by atoms with Gasteiger partial charge in [0.2, 0.25) is 11.8 Å². The number of nitrogens with zero attached hydrogens (tertiary/aromatic N) is 2. The van der Waals surface area contributed by atoms with Crippen LogP contribution in [0.25, 0.3) is 0 Å². The Morgan fingerprint density at radius 3 is 2.46 bits per heavy atom. The molecule has 144 valence electrons. The van der Waals surface area contributed by atoms with E-state index in [-0.39, 0.29) is 6.04 Å². The Morgan fingerprint density at radius 2 is 1.81 bits per heavy atom. The van der Waals surface area contributed by atoms with Crippen molar-refractivity contribution in [3.63, 3.8) is 0 Å². The van der Waals surface area contributed by atoms with E-state index in [0.29, 0.717) is 50.7 Å². The zero-order valence-electron chi connectivity index (χ0n) is 16.5. The van der Waals surface area contributed by atoms with Gasteiger partial charge in [0, 0.05) is 0 Å². The van der Waals surface area contributed by atoms with Crippen LogP contribution >= 0.6 is 0 Å². The Hall–Kier alpha value is -1.88. The normalized spacial score (nSPS) is 18.3. The van der Waals surface area contributed by atoms with Gasteiger partial charge in [-0.2, -0.15) is 0 Å². The molecular weight excluding hydrogens is 328 g/mol. The minimum atomic E-state index is -0.0852. The first-order chi connectivity index (χ1) is 12.6. The summed E-state index contributed by atoms with van der Waals surface area (Å²) in [5, 5.41) is 0. The molecule has 1 aromatic rings. The summed E-state index contributed by atoms with van der Waals surface area (Å²) in [4.78, 5) is 9.28. The van der Waals surface area contributed by atoms with Gasteiger partial charge >= 0.3 is 0 Å². The first-order valence-corrected chi connectivity index (χ1v) is 9.62. The van der Waals surface area contributed by atoms with Gasteiger partial charge in [-0.3, -0.25) is 0 Å². The smallest absolute Gasteiger partial charge is 0.209 e. The number of benzene rings is 1. The van der Waals surface area contributed by atoms with E-state index >= 15 is 0 Å². The third-order valence-corrected chi connectivity index (χ3v) is 4.47. The van der Waals surface area contributed by atoms with Gasteiger partial charge in [-0.15, -0.1) is 0 Å². The zero-order chi connectivity index (χ0) is 18.8. The molecule has 1 aromatic carbocycles. The summed E-state index contributed by atoms with van der Waals surface area (Å²) in [6, 6.07) is 10.2. The molecule has 1 heterocycles. The molecule has 2 atom stereocenters. The van der Waals surface area contributed by atoms with Gasteiger partial charge in [0.05, 0.1) is 26.4 Å². The van der Waals surface area contributed by atoms with E-state index < -0.39 is 0 Å². The quantitative estimate of drug-likeness (QED) is 0.666. The molecule has 0 radical (unpaired) electrons. The molecule has 26 heavy (non-hydrogen) atoms. The summed E-state index contributed by atoms with van der Waals surface area (Å²) in [6.45, 7) is 11.4. The van der Waals surface area contributed by atoms with Crippen molar-refractivity contribution in [3.8, 4) is 0 Å². The maximum Gasteiger partial charge on any atom is 0.209 e. The third-order valence-electron chi connectivity index (χ3n) is 4.47. The number of hydrogen-bond acceptors (Lipinski definition) is 5. The summed E-state index contributed by atoms with van der Waals surface area (Å²) in [5.41, 5.74) is 1.20. The fourth-order valence-corrected chi connectivity index (χ4v) is 2.94. The molecule has 5 heteroatoms. The minimum Gasteiger partial charge on any atom is -0.480 e. The summed E-state index contributed by atoms with van der Waals surface area (Å²) in [6.07, 6.45) is 0.849. The van der Waals surface area contributed by atoms with Crippen molar-refractivity contribution in [3.05, 3.63) is 35.9 Å². The molecule has 0 aromatic heterocycles. The predicted octanol–water partition coefficient (Wildman–Crippen LogP) is 4.12. The summed E-state index contributed by atoms with van der Waals surface area (Å²) < 4.78 is 17.3. The van der Waals surface area contributed by atoms with E-state index in [1.807, 2.05) is 32.0 Å². The van der Waals surface area contributed by atoms with Gasteiger partial charge in [-0.05, 0) is 37.7 Å². The van der Waals surface area contributed by atoms with Crippen LogP contribution in [0.1, 0.15) is 39.7 Å². The standard InChI is InChI=1S/C21H32N2O3/c1-5-25-20-13-22-21(26-6-2)19(23-20)12-18(16(3)4)15-24-14-17-10-8-7-9-11-17/h7-11,16,18-19H,5-6,12-15H2,1-4H3/t18-,19?/m1/s1. The topological polar surface area (TPSA) is 52.4 Å². The molecule has 0 aliphatic carbocycles. The van der Waals surface area contributed by atoms with Gasteiger partial charge in [-0.25, -0.2) is 9.98 Å². The van der Waals surface area contributed by atoms with Gasteiger partial charge in [0.1, 0.15) is 12.6 Å². The van der Waals surface area contributed by atoms with Crippen LogP contribution in [0.15, 0.2) is 40.3 Å². The Kier molecular flexibility index (Phi) is 8.62. The van der Waals surface area contributed by atoms with Crippen molar-refractivity contribution >= 4 is 11.8 Å². The van der Waals surface area contributed by atoms with Crippen molar-refractivity contribution in [2.24, 2.45) is 21.8 Å². The fraction of sp³-hybridized carbons (Fsp3) is 0.619. The second-order valence-electron chi connectivity index (χ2n) is 6.80. The fourth-order valence-electron chi connectivity index (χ4n) is 2.94. The number of rotatable bonds is 9. The molecule has 0 saturated heterocycles. The van der Waals surface area contributed by atoms with Crippen LogP contribution in [0.3, 0.4) is 0 Å². The molecule has 0 bridgehead atoms. The largest absolute Gasteiger partial charge is 0.480 e. The predicted molar refractivity (Wildman–Crippen MR) is 106 cm³/mol. The SMILES string of the molecule is CCOC1=NC(C[C@H](COCc2ccccc2)C(C)C)C(OCC)=NC1. The highest BCUT2D eigenvalue weighted by molar-refractivity contribution is 5.91. The molecule has 5 nitrogen and oxygen atoms in total. The average molecular weight is 360 g/mol. The van der Waals surface area contributed by atoms with E-state index in [1.54, 1.807) is 0 Å². The van der Waals surface area contributed by atoms with Gasteiger partial charge < -0.3 is 14.2 Å². The van der Waals surface area contributed by atoms with E-state index in [2.05, 4.69) is 31.0 Å². The lowest BCUT2D eigenvalue weighted by Crippen LogP contribution is -2.33. The van der Waals surface area contributed by atoms with E-state index in [4.69, 9.17) is 19.2 Å². The molecular formula is C21H32N2O3. The number of ether oxygens (including phenoxy) is 3. The van der Waals surface area contributed by atoms with Gasteiger partial charge in [-0.1, -0.05) is 44.2 Å². The molecule has 2 rings (SSSR count). The molecule has 1 aliphatic rings. The maximum atomic E-state index is 5.99. The minimum absolute atomic E-state index is 0.0852. The third kappa shape index (κ3) is 6.45. The van der Waals surface area contributed by atoms with Gasteiger partial charge in [0.15, 0.2) is 0 Å². The van der Waals surface area contributed by atoms with Crippen molar-refractivity contribution in [2.45, 2.75) is 46.8 Å². The van der Waals surface area contributed by atoms with Crippen LogP contribution in [-0.2, 0) is 20.8 Å². The zero-order valence-corrected chi connectivity index (χ0v) is 16.5. The highest BCUT2D eigenvalue weighted by atomic mass is 16.5. The molecule has 1 unspecified atom stereocenters. The van der Waals surface area contributed by atoms with Crippen molar-refractivity contribution < 1.29 is 14.2 Å². The second kappa shape index (κ2) is 11.0. The van der Waals surface area contributed by atoms with E-state index in [1.165, 1.54) is 5.56 Å². The second-order valence-corrected chi connectivity index (χ2v) is 6.80. The number of hydrogen-bond donors (Lipinski definition) is 0. The Labute approximate surface area is 157 Å². The van der Waals surface area contributed by atoms with Crippen LogP contribution < -0.4 is 0 Å². The highest BCUT2D eigenvalue weighted by Crippen LogP contribution is 2.23. The van der Waals surface area contributed by atoms with Crippen LogP contribution in [0.2, 0.25) is 0 Å². The lowest BCUT2D eigenvalue weighted by atomic mass is 9.89. The van der Waals surface area contributed by atoms with E-state index in [0.717, 1.165) is 12.3 Å². The molecule has 0 spiro atoms. The lowest BCUT2D eigenvalue weighted by Gasteiger charge is -2.27. The van der Waals surface area contributed by atoms with Gasteiger partial charge in [0.25, 0.3) is 0 Å². The highest BCUT2D eigenvalue weighted by Gasteiger charge is 2.27. The lowest BCUT2D eigenvalue weighted by molar-refractivity contribution is 0.0666. The first-order valence-electron chi connectivity index (χ1n) is 9.62. The maximum absolute atomic E-state index is 5.99. The summed E-state index contributed by atoms with van der Waals surface area (Å²) >= 11 is 0. The molecule has 0 amide bonds. The van der Waals surface area contributed by atoms with Crippen LogP contribution in [-0.4, -0.2) is 44.2 Å². The van der Waals surface area contributed by atoms with Crippen molar-refractivity contribution in [1.29, 1.82) is 0 Å². The van der Waals surface area contributed by atoms with Crippen LogP contribution in [0.4, 0.5) is 0 Å². The Bertz CT molecular complexity index is 584. The molecule has 1 aliphatic heterocycles. The van der Waals surface area contributed by atoms with Crippen molar-refractivity contribution in [1.82, 2.24) is 0 Å². The summed E-state index contributed by atoms with van der Waals surface area (Å²) in [7, 11) is 0. The average Bonchev–Trinajstić information content (AvgIpc) is 2.64. The Balaban J connectivity index is 1.96. The molecule has 0 fully saturated rings. The monoisotopic (exact) mass is 360 g/mol. The summed E-state index contributed by atoms with van der Waals surface area (Å²) in [5.74, 6) is 2.29.